The molecule has 0 aromatic carbocycles. The average Bonchev–Trinajstić information content (AvgIpc) is 3.04. The van der Waals surface area contributed by atoms with E-state index in [1.54, 1.807) is 0 Å². The summed E-state index contributed by atoms with van der Waals surface area (Å²) in [5.41, 5.74) is 0.194. The largest absolute Gasteiger partial charge is 0.339 e. The fourth-order valence-corrected chi connectivity index (χ4v) is 3.07. The predicted molar refractivity (Wildman–Crippen MR) is 81.4 cm³/mol. The standard InChI is InChI=1S/C14H20N6O2/c1-9-5-19(6-11(9)18(2)3)12(21)7-20-13-10(4-17-20)14(22)16-8-15-13/h4,8-9,11H,5-7H2,1-3H3,(H,15,16,22)/t9-,11-/m0/s1. The number of nitrogens with zero attached hydrogens (tertiary/aromatic N) is 5. The van der Waals surface area contributed by atoms with Crippen molar-refractivity contribution in [1.82, 2.24) is 29.5 Å². The molecule has 118 valence electrons. The number of H-pyrrole nitrogens is 1. The van der Waals surface area contributed by atoms with Crippen molar-refractivity contribution in [3.63, 3.8) is 0 Å². The van der Waals surface area contributed by atoms with Gasteiger partial charge < -0.3 is 14.8 Å². The summed E-state index contributed by atoms with van der Waals surface area (Å²) in [5, 5.41) is 4.52. The first-order valence-electron chi connectivity index (χ1n) is 7.30. The second-order valence-electron chi connectivity index (χ2n) is 6.08. The lowest BCUT2D eigenvalue weighted by molar-refractivity contribution is -0.131. The summed E-state index contributed by atoms with van der Waals surface area (Å²) in [7, 11) is 4.07. The molecule has 0 radical (unpaired) electrons. The minimum atomic E-state index is -0.244. The molecule has 8 heteroatoms. The van der Waals surface area contributed by atoms with Crippen LogP contribution < -0.4 is 5.56 Å². The van der Waals surface area contributed by atoms with Crippen LogP contribution in [0.3, 0.4) is 0 Å². The summed E-state index contributed by atoms with van der Waals surface area (Å²) in [6, 6.07) is 0.374. The molecule has 0 saturated carbocycles. The number of carbonyl (C=O) groups is 1. The molecule has 0 aliphatic carbocycles. The highest BCUT2D eigenvalue weighted by Crippen LogP contribution is 2.20. The SMILES string of the molecule is C[C@H]1CN(C(=O)Cn2ncc3c(=O)[nH]cnc32)C[C@@H]1N(C)C. The van der Waals surface area contributed by atoms with Crippen LogP contribution in [0.5, 0.6) is 0 Å². The lowest BCUT2D eigenvalue weighted by Crippen LogP contribution is -2.37. The number of nitrogens with one attached hydrogen (secondary N) is 1. The van der Waals surface area contributed by atoms with Crippen LogP contribution in [0.1, 0.15) is 6.92 Å². The number of likely N-dealkylation sites (tertiary alicyclic amines) is 1. The van der Waals surface area contributed by atoms with Gasteiger partial charge in [0.15, 0.2) is 5.65 Å². The summed E-state index contributed by atoms with van der Waals surface area (Å²) in [5.74, 6) is 0.442. The van der Waals surface area contributed by atoms with E-state index in [-0.39, 0.29) is 18.0 Å². The normalized spacial score (nSPS) is 21.9. The van der Waals surface area contributed by atoms with Crippen molar-refractivity contribution in [2.75, 3.05) is 27.2 Å². The van der Waals surface area contributed by atoms with Crippen LogP contribution in [-0.4, -0.2) is 68.7 Å². The molecule has 1 amide bonds. The van der Waals surface area contributed by atoms with Crippen LogP contribution in [0.2, 0.25) is 0 Å². The highest BCUT2D eigenvalue weighted by molar-refractivity contribution is 5.79. The third-order valence-electron chi connectivity index (χ3n) is 4.31. The molecular formula is C14H20N6O2. The maximum atomic E-state index is 12.5. The summed E-state index contributed by atoms with van der Waals surface area (Å²) in [4.78, 5) is 34.8. The third kappa shape index (κ3) is 2.50. The van der Waals surface area contributed by atoms with Gasteiger partial charge in [0.1, 0.15) is 11.9 Å². The van der Waals surface area contributed by atoms with Crippen molar-refractivity contribution in [3.05, 3.63) is 22.9 Å². The van der Waals surface area contributed by atoms with Gasteiger partial charge in [-0.2, -0.15) is 5.10 Å². The summed E-state index contributed by atoms with van der Waals surface area (Å²) >= 11 is 0. The molecule has 1 saturated heterocycles. The number of likely N-dealkylation sites (N-methyl/N-ethyl adjacent to an activating group) is 1. The predicted octanol–water partition coefficient (Wildman–Crippen LogP) is -0.472. The summed E-state index contributed by atoms with van der Waals surface area (Å²) in [6.45, 7) is 3.73. The molecule has 22 heavy (non-hydrogen) atoms. The van der Waals surface area contributed by atoms with Gasteiger partial charge in [0.25, 0.3) is 5.56 Å². The Morgan fingerprint density at radius 2 is 2.23 bits per heavy atom. The lowest BCUT2D eigenvalue weighted by atomic mass is 10.1. The second-order valence-corrected chi connectivity index (χ2v) is 6.08. The second kappa shape index (κ2) is 5.53. The molecule has 2 atom stereocenters. The van der Waals surface area contributed by atoms with Gasteiger partial charge >= 0.3 is 0 Å². The summed E-state index contributed by atoms with van der Waals surface area (Å²) in [6.07, 6.45) is 2.77. The molecule has 8 nitrogen and oxygen atoms in total. The number of fused-ring (bicyclic) bond motifs is 1. The molecule has 0 bridgehead atoms. The fraction of sp³-hybridized carbons (Fsp3) is 0.571. The minimum absolute atomic E-state index is 0.00304. The minimum Gasteiger partial charge on any atom is -0.339 e. The van der Waals surface area contributed by atoms with E-state index in [1.165, 1.54) is 17.2 Å². The van der Waals surface area contributed by atoms with Crippen molar-refractivity contribution < 1.29 is 4.79 Å². The smallest absolute Gasteiger partial charge is 0.261 e. The monoisotopic (exact) mass is 304 g/mol. The molecule has 1 aliphatic rings. The first-order valence-corrected chi connectivity index (χ1v) is 7.30. The van der Waals surface area contributed by atoms with E-state index < -0.39 is 0 Å². The van der Waals surface area contributed by atoms with Gasteiger partial charge in [0.2, 0.25) is 5.91 Å². The first kappa shape index (κ1) is 14.7. The van der Waals surface area contributed by atoms with Crippen molar-refractivity contribution in [2.45, 2.75) is 19.5 Å². The number of hydrogen-bond donors (Lipinski definition) is 1. The van der Waals surface area contributed by atoms with Gasteiger partial charge in [0.05, 0.1) is 12.5 Å². The van der Waals surface area contributed by atoms with Crippen LogP contribution in [0.25, 0.3) is 11.0 Å². The number of hydrogen-bond acceptors (Lipinski definition) is 5. The van der Waals surface area contributed by atoms with Crippen molar-refractivity contribution in [2.24, 2.45) is 5.92 Å². The zero-order valence-corrected chi connectivity index (χ0v) is 13.0. The Labute approximate surface area is 127 Å². The van der Waals surface area contributed by atoms with Crippen molar-refractivity contribution >= 4 is 16.9 Å². The third-order valence-corrected chi connectivity index (χ3v) is 4.31. The van der Waals surface area contributed by atoms with Crippen molar-refractivity contribution in [1.29, 1.82) is 0 Å². The maximum Gasteiger partial charge on any atom is 0.261 e. The average molecular weight is 304 g/mol. The Kier molecular flexibility index (Phi) is 3.69. The van der Waals surface area contributed by atoms with Crippen LogP contribution in [0.15, 0.2) is 17.3 Å². The van der Waals surface area contributed by atoms with Crippen LogP contribution in [0.4, 0.5) is 0 Å². The Morgan fingerprint density at radius 1 is 1.45 bits per heavy atom. The Bertz CT molecular complexity index is 749. The molecule has 0 unspecified atom stereocenters. The first-order chi connectivity index (χ1) is 10.5. The van der Waals surface area contributed by atoms with Crippen molar-refractivity contribution in [3.8, 4) is 0 Å². The van der Waals surface area contributed by atoms with E-state index in [0.29, 0.717) is 23.0 Å². The van der Waals surface area contributed by atoms with E-state index in [9.17, 15) is 9.59 Å². The number of aromatic amines is 1. The van der Waals surface area contributed by atoms with Gasteiger partial charge in [-0.25, -0.2) is 9.67 Å². The van der Waals surface area contributed by atoms with E-state index in [2.05, 4.69) is 26.9 Å². The molecule has 1 aliphatic heterocycles. The van der Waals surface area contributed by atoms with Gasteiger partial charge in [-0.3, -0.25) is 9.59 Å². The van der Waals surface area contributed by atoms with Crippen LogP contribution in [-0.2, 0) is 11.3 Å². The quantitative estimate of drug-likeness (QED) is 0.828. The molecule has 1 fully saturated rings. The molecule has 1 N–H and O–H groups in total. The maximum absolute atomic E-state index is 12.5. The summed E-state index contributed by atoms with van der Waals surface area (Å²) < 4.78 is 1.49. The van der Waals surface area contributed by atoms with E-state index >= 15 is 0 Å². The zero-order chi connectivity index (χ0) is 15.9. The van der Waals surface area contributed by atoms with Gasteiger partial charge in [0, 0.05) is 19.1 Å². The highest BCUT2D eigenvalue weighted by atomic mass is 16.2. The van der Waals surface area contributed by atoms with E-state index in [0.717, 1.165) is 13.1 Å². The van der Waals surface area contributed by atoms with Crippen LogP contribution >= 0.6 is 0 Å². The van der Waals surface area contributed by atoms with Crippen LogP contribution in [0, 0.1) is 5.92 Å². The number of rotatable bonds is 3. The Balaban J connectivity index is 1.77. The number of carbonyl (C=O) groups excluding carboxylic acids is 1. The highest BCUT2D eigenvalue weighted by Gasteiger charge is 2.33. The number of aromatic nitrogens is 4. The topological polar surface area (TPSA) is 87.1 Å². The Morgan fingerprint density at radius 3 is 2.91 bits per heavy atom. The van der Waals surface area contributed by atoms with E-state index in [4.69, 9.17) is 0 Å². The van der Waals surface area contributed by atoms with E-state index in [1.807, 2.05) is 19.0 Å². The molecule has 3 heterocycles. The Hall–Kier alpha value is -2.22. The van der Waals surface area contributed by atoms with Gasteiger partial charge in [-0.15, -0.1) is 0 Å². The zero-order valence-electron chi connectivity index (χ0n) is 13.0. The molecular weight excluding hydrogens is 284 g/mol. The van der Waals surface area contributed by atoms with Gasteiger partial charge in [-0.1, -0.05) is 6.92 Å². The fourth-order valence-electron chi connectivity index (χ4n) is 3.07. The number of amides is 1. The molecule has 0 spiro atoms. The van der Waals surface area contributed by atoms with Gasteiger partial charge in [-0.05, 0) is 20.0 Å². The molecule has 2 aromatic heterocycles. The lowest BCUT2D eigenvalue weighted by Gasteiger charge is -2.22. The molecule has 2 aromatic rings. The molecule has 3 rings (SSSR count).